The first-order valence-corrected chi connectivity index (χ1v) is 6.49. The van der Waals surface area contributed by atoms with E-state index >= 15 is 0 Å². The molecule has 0 spiro atoms. The van der Waals surface area contributed by atoms with Gasteiger partial charge in [0.25, 0.3) is 0 Å². The van der Waals surface area contributed by atoms with Crippen molar-refractivity contribution >= 4 is 5.97 Å². The average molecular weight is 252 g/mol. The van der Waals surface area contributed by atoms with Crippen molar-refractivity contribution in [1.82, 2.24) is 10.1 Å². The Labute approximate surface area is 107 Å². The largest absolute Gasteiger partial charge is 0.481 e. The quantitative estimate of drug-likeness (QED) is 0.868. The molecule has 1 aliphatic rings. The summed E-state index contributed by atoms with van der Waals surface area (Å²) in [5.74, 6) is 0.884. The molecule has 5 nitrogen and oxygen atoms in total. The van der Waals surface area contributed by atoms with Crippen LogP contribution in [0.2, 0.25) is 0 Å². The summed E-state index contributed by atoms with van der Waals surface area (Å²) in [6.45, 7) is 4.82. The van der Waals surface area contributed by atoms with Gasteiger partial charge in [-0.15, -0.1) is 0 Å². The van der Waals surface area contributed by atoms with E-state index in [0.717, 1.165) is 38.2 Å². The first-order valence-electron chi connectivity index (χ1n) is 6.49. The van der Waals surface area contributed by atoms with Gasteiger partial charge in [-0.05, 0) is 31.2 Å². The third-order valence-corrected chi connectivity index (χ3v) is 3.71. The van der Waals surface area contributed by atoms with Gasteiger partial charge < -0.3 is 9.63 Å². The molecule has 1 saturated heterocycles. The second-order valence-corrected chi connectivity index (χ2v) is 5.19. The monoisotopic (exact) mass is 252 g/mol. The van der Waals surface area contributed by atoms with E-state index in [2.05, 4.69) is 10.1 Å². The maximum Gasteiger partial charge on any atom is 0.303 e. The van der Waals surface area contributed by atoms with Gasteiger partial charge in [-0.3, -0.25) is 9.69 Å². The predicted molar refractivity (Wildman–Crippen MR) is 65.9 cm³/mol. The maximum atomic E-state index is 10.8. The average Bonchev–Trinajstić information content (AvgIpc) is 2.81. The molecule has 0 saturated carbocycles. The first kappa shape index (κ1) is 13.1. The Bertz CT molecular complexity index is 378. The van der Waals surface area contributed by atoms with Crippen LogP contribution in [0.15, 0.2) is 16.8 Å². The Hall–Kier alpha value is -1.36. The topological polar surface area (TPSA) is 66.6 Å². The van der Waals surface area contributed by atoms with Gasteiger partial charge in [0, 0.05) is 19.0 Å². The van der Waals surface area contributed by atoms with E-state index in [9.17, 15) is 4.79 Å². The number of carboxylic acid groups (broad SMARTS) is 1. The van der Waals surface area contributed by atoms with Crippen molar-refractivity contribution in [2.75, 3.05) is 13.1 Å². The molecule has 0 aromatic carbocycles. The minimum absolute atomic E-state index is 0.236. The molecule has 100 valence electrons. The van der Waals surface area contributed by atoms with Crippen LogP contribution in [0.5, 0.6) is 0 Å². The zero-order chi connectivity index (χ0) is 13.0. The van der Waals surface area contributed by atoms with Crippen LogP contribution in [0, 0.1) is 11.8 Å². The van der Waals surface area contributed by atoms with Crippen LogP contribution in [0.4, 0.5) is 0 Å². The highest BCUT2D eigenvalue weighted by Crippen LogP contribution is 2.26. The van der Waals surface area contributed by atoms with E-state index in [0.29, 0.717) is 5.92 Å². The van der Waals surface area contributed by atoms with Gasteiger partial charge >= 0.3 is 5.97 Å². The Morgan fingerprint density at radius 1 is 1.72 bits per heavy atom. The second kappa shape index (κ2) is 6.00. The standard InChI is InChI=1S/C13H20N2O3/c1-10(7-13(16)17)11-3-2-6-15(8-11)9-12-4-5-14-18-12/h4-5,10-11H,2-3,6-9H2,1H3,(H,16,17). The summed E-state index contributed by atoms with van der Waals surface area (Å²) in [5.41, 5.74) is 0. The van der Waals surface area contributed by atoms with Gasteiger partial charge in [-0.1, -0.05) is 12.1 Å². The SMILES string of the molecule is CC(CC(=O)O)C1CCCN(Cc2ccno2)C1. The number of aromatic nitrogens is 1. The van der Waals surface area contributed by atoms with Gasteiger partial charge in [-0.25, -0.2) is 0 Å². The third-order valence-electron chi connectivity index (χ3n) is 3.71. The van der Waals surface area contributed by atoms with Gasteiger partial charge in [0.2, 0.25) is 0 Å². The number of nitrogens with zero attached hydrogens (tertiary/aromatic N) is 2. The van der Waals surface area contributed by atoms with E-state index in [1.807, 2.05) is 13.0 Å². The number of carbonyl (C=O) groups is 1. The van der Waals surface area contributed by atoms with E-state index in [1.165, 1.54) is 0 Å². The van der Waals surface area contributed by atoms with Crippen LogP contribution in [0.3, 0.4) is 0 Å². The van der Waals surface area contributed by atoms with E-state index in [1.54, 1.807) is 6.20 Å². The van der Waals surface area contributed by atoms with Crippen LogP contribution in [-0.4, -0.2) is 34.2 Å². The normalized spacial score (nSPS) is 22.8. The van der Waals surface area contributed by atoms with Crippen LogP contribution >= 0.6 is 0 Å². The summed E-state index contributed by atoms with van der Waals surface area (Å²) >= 11 is 0. The number of likely N-dealkylation sites (tertiary alicyclic amines) is 1. The maximum absolute atomic E-state index is 10.8. The minimum Gasteiger partial charge on any atom is -0.481 e. The summed E-state index contributed by atoms with van der Waals surface area (Å²) in [5, 5.41) is 12.6. The van der Waals surface area contributed by atoms with E-state index in [-0.39, 0.29) is 12.3 Å². The summed E-state index contributed by atoms with van der Waals surface area (Å²) < 4.78 is 5.11. The summed E-state index contributed by atoms with van der Waals surface area (Å²) in [6.07, 6.45) is 4.18. The number of carboxylic acids is 1. The Kier molecular flexibility index (Phi) is 4.36. The van der Waals surface area contributed by atoms with Crippen molar-refractivity contribution in [2.24, 2.45) is 11.8 Å². The molecule has 1 aromatic heterocycles. The molecule has 2 heterocycles. The molecule has 0 bridgehead atoms. The zero-order valence-corrected chi connectivity index (χ0v) is 10.7. The first-order chi connectivity index (χ1) is 8.65. The van der Waals surface area contributed by atoms with Crippen molar-refractivity contribution in [2.45, 2.75) is 32.7 Å². The van der Waals surface area contributed by atoms with E-state index < -0.39 is 5.97 Å². The van der Waals surface area contributed by atoms with Crippen molar-refractivity contribution in [3.63, 3.8) is 0 Å². The molecule has 1 N–H and O–H groups in total. The lowest BCUT2D eigenvalue weighted by molar-refractivity contribution is -0.138. The van der Waals surface area contributed by atoms with Crippen LogP contribution in [0.25, 0.3) is 0 Å². The molecule has 0 aliphatic carbocycles. The van der Waals surface area contributed by atoms with Gasteiger partial charge in [0.05, 0.1) is 12.7 Å². The fourth-order valence-electron chi connectivity index (χ4n) is 2.69. The van der Waals surface area contributed by atoms with Gasteiger partial charge in [-0.2, -0.15) is 0 Å². The van der Waals surface area contributed by atoms with Gasteiger partial charge in [0.15, 0.2) is 5.76 Å². The van der Waals surface area contributed by atoms with Crippen molar-refractivity contribution < 1.29 is 14.4 Å². The third kappa shape index (κ3) is 3.57. The smallest absolute Gasteiger partial charge is 0.303 e. The highest BCUT2D eigenvalue weighted by Gasteiger charge is 2.26. The van der Waals surface area contributed by atoms with Crippen molar-refractivity contribution in [3.8, 4) is 0 Å². The van der Waals surface area contributed by atoms with Crippen LogP contribution in [0.1, 0.15) is 31.9 Å². The number of hydrogen-bond acceptors (Lipinski definition) is 4. The summed E-state index contributed by atoms with van der Waals surface area (Å²) in [4.78, 5) is 13.1. The molecule has 2 rings (SSSR count). The van der Waals surface area contributed by atoms with Crippen LogP contribution < -0.4 is 0 Å². The molecule has 1 aliphatic heterocycles. The number of piperidine rings is 1. The summed E-state index contributed by atoms with van der Waals surface area (Å²) in [7, 11) is 0. The fourth-order valence-corrected chi connectivity index (χ4v) is 2.69. The van der Waals surface area contributed by atoms with Crippen LogP contribution in [-0.2, 0) is 11.3 Å². The number of hydrogen-bond donors (Lipinski definition) is 1. The van der Waals surface area contributed by atoms with Crippen molar-refractivity contribution in [1.29, 1.82) is 0 Å². The highest BCUT2D eigenvalue weighted by molar-refractivity contribution is 5.67. The second-order valence-electron chi connectivity index (χ2n) is 5.19. The lowest BCUT2D eigenvalue weighted by Gasteiger charge is -2.34. The number of aliphatic carboxylic acids is 1. The zero-order valence-electron chi connectivity index (χ0n) is 10.7. The molecule has 5 heteroatoms. The number of rotatable bonds is 5. The lowest BCUT2D eigenvalue weighted by atomic mass is 9.84. The molecular weight excluding hydrogens is 232 g/mol. The Balaban J connectivity index is 1.86. The molecule has 18 heavy (non-hydrogen) atoms. The van der Waals surface area contributed by atoms with Crippen molar-refractivity contribution in [3.05, 3.63) is 18.0 Å². The summed E-state index contributed by atoms with van der Waals surface area (Å²) in [6, 6.07) is 1.88. The molecule has 0 amide bonds. The molecule has 0 radical (unpaired) electrons. The fraction of sp³-hybridized carbons (Fsp3) is 0.692. The molecule has 2 atom stereocenters. The molecule has 1 fully saturated rings. The highest BCUT2D eigenvalue weighted by atomic mass is 16.5. The predicted octanol–water partition coefficient (Wildman–Crippen LogP) is 2.00. The lowest BCUT2D eigenvalue weighted by Crippen LogP contribution is -2.37. The molecular formula is C13H20N2O3. The molecule has 1 aromatic rings. The minimum atomic E-state index is -0.699. The Morgan fingerprint density at radius 3 is 3.22 bits per heavy atom. The van der Waals surface area contributed by atoms with Gasteiger partial charge in [0.1, 0.15) is 0 Å². The molecule has 2 unspecified atom stereocenters. The Morgan fingerprint density at radius 2 is 2.56 bits per heavy atom. The van der Waals surface area contributed by atoms with E-state index in [4.69, 9.17) is 9.63 Å².